The molecule has 3 rings (SSSR count). The molecule has 8 heteroatoms. The lowest BCUT2D eigenvalue weighted by atomic mass is 10.3. The molecule has 0 saturated heterocycles. The van der Waals surface area contributed by atoms with Crippen molar-refractivity contribution in [1.82, 2.24) is 15.0 Å². The average Bonchev–Trinajstić information content (AvgIpc) is 2.85. The van der Waals surface area contributed by atoms with E-state index >= 15 is 0 Å². The summed E-state index contributed by atoms with van der Waals surface area (Å²) in [6, 6.07) is 7.16. The number of ether oxygens (including phenoxy) is 1. The number of hydrogen-bond donors (Lipinski definition) is 1. The fourth-order valence-corrected chi connectivity index (χ4v) is 3.18. The Bertz CT molecular complexity index is 822. The Balaban J connectivity index is 1.96. The van der Waals surface area contributed by atoms with Gasteiger partial charge in [0, 0.05) is 6.07 Å². The van der Waals surface area contributed by atoms with Gasteiger partial charge in [0.25, 0.3) is 0 Å². The van der Waals surface area contributed by atoms with E-state index in [2.05, 4.69) is 15.0 Å². The summed E-state index contributed by atoms with van der Waals surface area (Å²) in [5.41, 5.74) is 1.70. The van der Waals surface area contributed by atoms with Crippen molar-refractivity contribution in [3.05, 3.63) is 39.5 Å². The number of rotatable bonds is 3. The fraction of sp³-hybridized carbons (Fsp3) is 0.0769. The number of imidazole rings is 1. The van der Waals surface area contributed by atoms with Crippen LogP contribution in [0.1, 0.15) is 0 Å². The highest BCUT2D eigenvalue weighted by Gasteiger charge is 2.12. The number of nitrogens with one attached hydrogen (secondary N) is 1. The van der Waals surface area contributed by atoms with Gasteiger partial charge in [0.2, 0.25) is 0 Å². The van der Waals surface area contributed by atoms with Gasteiger partial charge in [-0.2, -0.15) is 0 Å². The second-order valence-electron chi connectivity index (χ2n) is 4.08. The fourth-order valence-electron chi connectivity index (χ4n) is 1.73. The van der Waals surface area contributed by atoms with Gasteiger partial charge in [-0.25, -0.2) is 9.97 Å². The number of H-pyrrole nitrogens is 1. The molecule has 108 valence electrons. The summed E-state index contributed by atoms with van der Waals surface area (Å²) in [6.45, 7) is 0. The second kappa shape index (κ2) is 5.93. The quantitative estimate of drug-likeness (QED) is 0.662. The first-order valence-electron chi connectivity index (χ1n) is 5.80. The molecule has 0 fully saturated rings. The summed E-state index contributed by atoms with van der Waals surface area (Å²) in [4.78, 5) is 11.8. The molecule has 0 spiro atoms. The zero-order valence-corrected chi connectivity index (χ0v) is 13.7. The Morgan fingerprint density at radius 2 is 1.90 bits per heavy atom. The van der Waals surface area contributed by atoms with Crippen molar-refractivity contribution in [3.63, 3.8) is 0 Å². The van der Waals surface area contributed by atoms with Crippen LogP contribution >= 0.6 is 46.6 Å². The van der Waals surface area contributed by atoms with Crippen molar-refractivity contribution in [2.24, 2.45) is 0 Å². The number of nitrogens with zero attached hydrogens (tertiary/aromatic N) is 2. The van der Waals surface area contributed by atoms with Crippen LogP contribution in [0.2, 0.25) is 15.2 Å². The molecule has 3 aromatic rings. The summed E-state index contributed by atoms with van der Waals surface area (Å²) in [5.74, 6) is 0.758. The van der Waals surface area contributed by atoms with Gasteiger partial charge in [0.1, 0.15) is 15.9 Å². The van der Waals surface area contributed by atoms with Gasteiger partial charge in [0.05, 0.1) is 28.2 Å². The molecule has 0 radical (unpaired) electrons. The Morgan fingerprint density at radius 1 is 1.10 bits per heavy atom. The molecule has 0 bridgehead atoms. The molecule has 1 aromatic carbocycles. The standard InChI is InChI=1S/C13H8Cl3N3OS/c1-20-6-2-3-9-10(4-6)18-13(17-9)21-12-8(15)5-7(14)11(16)19-12/h2-5H,1H3,(H,17,18). The van der Waals surface area contributed by atoms with Crippen molar-refractivity contribution in [2.45, 2.75) is 10.2 Å². The van der Waals surface area contributed by atoms with Gasteiger partial charge in [-0.1, -0.05) is 34.8 Å². The number of fused-ring (bicyclic) bond motifs is 1. The van der Waals surface area contributed by atoms with Crippen LogP contribution in [0.4, 0.5) is 0 Å². The van der Waals surface area contributed by atoms with Gasteiger partial charge in [-0.3, -0.25) is 0 Å². The van der Waals surface area contributed by atoms with Crippen molar-refractivity contribution in [3.8, 4) is 5.75 Å². The van der Waals surface area contributed by atoms with Gasteiger partial charge in [-0.15, -0.1) is 0 Å². The zero-order valence-electron chi connectivity index (χ0n) is 10.7. The van der Waals surface area contributed by atoms with Crippen molar-refractivity contribution < 1.29 is 4.74 Å². The molecule has 0 atom stereocenters. The molecule has 21 heavy (non-hydrogen) atoms. The Labute approximate surface area is 139 Å². The minimum atomic E-state index is 0.210. The lowest BCUT2D eigenvalue weighted by Crippen LogP contribution is -1.85. The summed E-state index contributed by atoms with van der Waals surface area (Å²) in [6.07, 6.45) is 0. The summed E-state index contributed by atoms with van der Waals surface area (Å²) in [5, 5.41) is 2.15. The van der Waals surface area contributed by atoms with Crippen molar-refractivity contribution in [2.75, 3.05) is 7.11 Å². The monoisotopic (exact) mass is 359 g/mol. The normalized spacial score (nSPS) is 11.0. The maximum Gasteiger partial charge on any atom is 0.172 e. The Hall–Kier alpha value is -1.14. The molecule has 0 aliphatic carbocycles. The Morgan fingerprint density at radius 3 is 2.67 bits per heavy atom. The van der Waals surface area contributed by atoms with E-state index in [1.165, 1.54) is 11.8 Å². The van der Waals surface area contributed by atoms with Crippen molar-refractivity contribution >= 4 is 57.6 Å². The van der Waals surface area contributed by atoms with Crippen molar-refractivity contribution in [1.29, 1.82) is 0 Å². The first-order valence-corrected chi connectivity index (χ1v) is 7.75. The molecule has 0 amide bonds. The van der Waals surface area contributed by atoms with Crippen LogP contribution < -0.4 is 4.74 Å². The smallest absolute Gasteiger partial charge is 0.172 e. The number of methoxy groups -OCH3 is 1. The number of hydrogen-bond acceptors (Lipinski definition) is 4. The molecular formula is C13H8Cl3N3OS. The highest BCUT2D eigenvalue weighted by Crippen LogP contribution is 2.35. The minimum Gasteiger partial charge on any atom is -0.497 e. The van der Waals surface area contributed by atoms with Crippen LogP contribution in [0, 0.1) is 0 Å². The molecule has 0 saturated carbocycles. The van der Waals surface area contributed by atoms with E-state index in [0.29, 0.717) is 20.2 Å². The first kappa shape index (κ1) is 14.8. The topological polar surface area (TPSA) is 50.8 Å². The van der Waals surface area contributed by atoms with Gasteiger partial charge in [0.15, 0.2) is 5.16 Å². The predicted octanol–water partition coefficient (Wildman–Crippen LogP) is 5.08. The number of aromatic nitrogens is 3. The third-order valence-electron chi connectivity index (χ3n) is 2.72. The maximum absolute atomic E-state index is 6.11. The Kier molecular flexibility index (Phi) is 4.17. The molecular weight excluding hydrogens is 353 g/mol. The van der Waals surface area contributed by atoms with Crippen LogP contribution in [0.3, 0.4) is 0 Å². The second-order valence-corrected chi connectivity index (χ2v) is 6.23. The molecule has 0 aliphatic heterocycles. The summed E-state index contributed by atoms with van der Waals surface area (Å²) >= 11 is 19.2. The van der Waals surface area contributed by atoms with Crippen LogP contribution in [0.25, 0.3) is 11.0 Å². The highest BCUT2D eigenvalue weighted by atomic mass is 35.5. The summed E-state index contributed by atoms with van der Waals surface area (Å²) < 4.78 is 5.18. The molecule has 2 heterocycles. The van der Waals surface area contributed by atoms with Crippen LogP contribution in [-0.4, -0.2) is 22.1 Å². The maximum atomic E-state index is 6.11. The molecule has 4 nitrogen and oxygen atoms in total. The van der Waals surface area contributed by atoms with E-state index in [-0.39, 0.29) is 5.15 Å². The van der Waals surface area contributed by atoms with E-state index in [1.807, 2.05) is 18.2 Å². The third kappa shape index (κ3) is 3.06. The SMILES string of the molecule is COc1ccc2nc(Sc3nc(Cl)c(Cl)cc3Cl)[nH]c2c1. The first-order chi connectivity index (χ1) is 10.1. The average molecular weight is 361 g/mol. The lowest BCUT2D eigenvalue weighted by Gasteiger charge is -2.02. The molecule has 2 aromatic heterocycles. The zero-order chi connectivity index (χ0) is 15.0. The van der Waals surface area contributed by atoms with E-state index in [4.69, 9.17) is 39.5 Å². The van der Waals surface area contributed by atoms with Crippen LogP contribution in [0.15, 0.2) is 34.4 Å². The summed E-state index contributed by atoms with van der Waals surface area (Å²) in [7, 11) is 1.62. The van der Waals surface area contributed by atoms with Gasteiger partial charge in [-0.05, 0) is 30.0 Å². The van der Waals surface area contributed by atoms with Crippen LogP contribution in [0.5, 0.6) is 5.75 Å². The highest BCUT2D eigenvalue weighted by molar-refractivity contribution is 7.99. The number of benzene rings is 1. The third-order valence-corrected chi connectivity index (χ3v) is 4.68. The molecule has 0 unspecified atom stereocenters. The minimum absolute atomic E-state index is 0.210. The van der Waals surface area contributed by atoms with E-state index < -0.39 is 0 Å². The number of halogens is 3. The predicted molar refractivity (Wildman–Crippen MR) is 86.0 cm³/mol. The van der Waals surface area contributed by atoms with Crippen LogP contribution in [-0.2, 0) is 0 Å². The molecule has 0 aliphatic rings. The van der Waals surface area contributed by atoms with E-state index in [1.54, 1.807) is 13.2 Å². The van der Waals surface area contributed by atoms with E-state index in [9.17, 15) is 0 Å². The van der Waals surface area contributed by atoms with E-state index in [0.717, 1.165) is 16.8 Å². The largest absolute Gasteiger partial charge is 0.497 e. The number of aromatic amines is 1. The number of pyridine rings is 1. The lowest BCUT2D eigenvalue weighted by molar-refractivity contribution is 0.415. The molecule has 1 N–H and O–H groups in total. The van der Waals surface area contributed by atoms with Gasteiger partial charge < -0.3 is 9.72 Å². The van der Waals surface area contributed by atoms with Gasteiger partial charge >= 0.3 is 0 Å².